The first kappa shape index (κ1) is 45.0. The molecule has 19 heteroatoms. The van der Waals surface area contributed by atoms with Crippen LogP contribution < -0.4 is 25.2 Å². The summed E-state index contributed by atoms with van der Waals surface area (Å²) in [7, 11) is -9.48. The van der Waals surface area contributed by atoms with E-state index in [1.54, 1.807) is 11.0 Å². The molecule has 308 valence electrons. The maximum atomic E-state index is 13.6. The maximum absolute atomic E-state index is 13.6. The number of nitrogens with zero attached hydrogens (tertiary/aromatic N) is 1. The summed E-state index contributed by atoms with van der Waals surface area (Å²) in [4.78, 5) is 98.5. The van der Waals surface area contributed by atoms with Gasteiger partial charge < -0.3 is 39.7 Å². The second kappa shape index (κ2) is 20.7. The van der Waals surface area contributed by atoms with Crippen LogP contribution in [-0.4, -0.2) is 84.8 Å². The van der Waals surface area contributed by atoms with Crippen molar-refractivity contribution in [2.24, 2.45) is 0 Å². The number of carbonyl (C=O) groups excluding carboxylic acids is 4. The molecule has 4 aromatic rings. The molecule has 0 aromatic heterocycles. The van der Waals surface area contributed by atoms with E-state index in [9.17, 15) is 42.9 Å². The standard InChI is InChI=1S/C32H36N3O9P.C7H7O5P/c1-21(36)33-27(17-23-12-15-28(44-20-30(37)38)29(18-23)45(41,42)43)31(39)34-26-9-5-6-16-35(32(26)40)19-22-10-13-25(14-11-22)24-7-3-2-4-8-24;8-5-6-3-1-2-4-7(6)12-13(9,10)11/h2-4,7-8,10-15,18,26-27H,5-6,9,16-17,19-20H2,1H3,(H,33,36)(H,34,39)(H,37,38)(H2,41,42,43);1-5H,(H2,9,10,11). The number of likely N-dealkylation sites (tertiary alicyclic amines) is 1. The third-order valence-corrected chi connectivity index (χ3v) is 10.0. The van der Waals surface area contributed by atoms with Crippen LogP contribution in [0.3, 0.4) is 0 Å². The number of para-hydroxylation sites is 1. The van der Waals surface area contributed by atoms with E-state index >= 15 is 0 Å². The Morgan fingerprint density at radius 3 is 2.12 bits per heavy atom. The van der Waals surface area contributed by atoms with Crippen LogP contribution in [0.25, 0.3) is 11.1 Å². The van der Waals surface area contributed by atoms with Crippen LogP contribution in [0.15, 0.2) is 97.1 Å². The molecule has 2 atom stereocenters. The van der Waals surface area contributed by atoms with Gasteiger partial charge in [-0.1, -0.05) is 72.8 Å². The Balaban J connectivity index is 0.000000486. The summed E-state index contributed by atoms with van der Waals surface area (Å²) < 4.78 is 31.8. The van der Waals surface area contributed by atoms with Crippen molar-refractivity contribution in [2.75, 3.05) is 13.2 Å². The molecule has 0 aliphatic carbocycles. The number of benzene rings is 4. The Kier molecular flexibility index (Phi) is 16.0. The summed E-state index contributed by atoms with van der Waals surface area (Å²) in [6, 6.07) is 25.5. The third-order valence-electron chi connectivity index (χ3n) is 8.62. The monoisotopic (exact) mass is 839 g/mol. The van der Waals surface area contributed by atoms with Crippen molar-refractivity contribution in [1.82, 2.24) is 15.5 Å². The molecule has 1 heterocycles. The number of hydrogen-bond acceptors (Lipinski definition) is 9. The lowest BCUT2D eigenvalue weighted by atomic mass is 10.0. The van der Waals surface area contributed by atoms with Gasteiger partial charge in [-0.15, -0.1) is 0 Å². The minimum Gasteiger partial charge on any atom is -0.481 e. The topological polar surface area (TPSA) is 266 Å². The normalized spacial score (nSPS) is 14.8. The van der Waals surface area contributed by atoms with Crippen molar-refractivity contribution in [2.45, 2.75) is 51.2 Å². The van der Waals surface area contributed by atoms with Crippen molar-refractivity contribution in [3.63, 3.8) is 0 Å². The molecule has 58 heavy (non-hydrogen) atoms. The molecular weight excluding hydrogens is 796 g/mol. The molecule has 1 aliphatic heterocycles. The van der Waals surface area contributed by atoms with Crippen LogP contribution in [0.4, 0.5) is 0 Å². The lowest BCUT2D eigenvalue weighted by Crippen LogP contribution is -2.54. The number of carboxylic acid groups (broad SMARTS) is 1. The summed E-state index contributed by atoms with van der Waals surface area (Å²) >= 11 is 0. The molecule has 1 aliphatic rings. The molecule has 1 fully saturated rings. The lowest BCUT2D eigenvalue weighted by molar-refractivity contribution is -0.139. The highest BCUT2D eigenvalue weighted by molar-refractivity contribution is 7.60. The highest BCUT2D eigenvalue weighted by atomic mass is 31.2. The van der Waals surface area contributed by atoms with Gasteiger partial charge in [-0.2, -0.15) is 0 Å². The van der Waals surface area contributed by atoms with Crippen molar-refractivity contribution < 1.29 is 67.0 Å². The zero-order valence-electron chi connectivity index (χ0n) is 31.2. The van der Waals surface area contributed by atoms with Crippen molar-refractivity contribution >= 4 is 50.7 Å². The van der Waals surface area contributed by atoms with Crippen LogP contribution in [0.5, 0.6) is 11.5 Å². The minimum atomic E-state index is -4.89. The van der Waals surface area contributed by atoms with Gasteiger partial charge in [0, 0.05) is 26.4 Å². The molecule has 0 radical (unpaired) electrons. The van der Waals surface area contributed by atoms with Gasteiger partial charge in [0.25, 0.3) is 0 Å². The van der Waals surface area contributed by atoms with E-state index in [0.717, 1.165) is 29.2 Å². The number of phosphoric ester groups is 1. The Morgan fingerprint density at radius 2 is 1.50 bits per heavy atom. The number of ether oxygens (including phenoxy) is 1. The average Bonchev–Trinajstić information content (AvgIpc) is 3.33. The van der Waals surface area contributed by atoms with Crippen molar-refractivity contribution in [3.8, 4) is 22.6 Å². The molecule has 3 amide bonds. The second-order valence-corrected chi connectivity index (χ2v) is 15.8. The van der Waals surface area contributed by atoms with Crippen LogP contribution >= 0.6 is 15.4 Å². The third kappa shape index (κ3) is 14.1. The summed E-state index contributed by atoms with van der Waals surface area (Å²) in [5.41, 5.74) is 3.48. The fourth-order valence-corrected chi connectivity index (χ4v) is 7.16. The van der Waals surface area contributed by atoms with Crippen LogP contribution in [0, 0.1) is 0 Å². The SMILES string of the molecule is CC(=O)NC(Cc1ccc(OCC(=O)O)c(P(=O)(O)O)c1)C(=O)NC1CCCCN(Cc2ccc(-c3ccccc3)cc2)C1=O.O=Cc1ccccc1OP(=O)(O)O. The first-order chi connectivity index (χ1) is 27.4. The average molecular weight is 840 g/mol. The van der Waals surface area contributed by atoms with Gasteiger partial charge in [0.1, 0.15) is 28.9 Å². The van der Waals surface area contributed by atoms with Gasteiger partial charge in [-0.25, -0.2) is 9.36 Å². The Hall–Kier alpha value is -5.67. The van der Waals surface area contributed by atoms with E-state index in [2.05, 4.69) is 15.2 Å². The van der Waals surface area contributed by atoms with Gasteiger partial charge in [0.2, 0.25) is 17.7 Å². The highest BCUT2D eigenvalue weighted by Gasteiger charge is 2.32. The predicted octanol–water partition coefficient (Wildman–Crippen LogP) is 3.34. The molecular formula is C39H43N3O14P2. The molecule has 4 aromatic carbocycles. The number of nitrogens with one attached hydrogen (secondary N) is 2. The van der Waals surface area contributed by atoms with Gasteiger partial charge in [-0.05, 0) is 65.8 Å². The van der Waals surface area contributed by atoms with Crippen LogP contribution in [0.2, 0.25) is 0 Å². The van der Waals surface area contributed by atoms with Gasteiger partial charge in [0.05, 0.1) is 5.56 Å². The number of carboxylic acids is 1. The number of rotatable bonds is 15. The number of amides is 3. The number of carbonyl (C=O) groups is 5. The van der Waals surface area contributed by atoms with E-state index in [0.29, 0.717) is 32.2 Å². The van der Waals surface area contributed by atoms with Crippen molar-refractivity contribution in [3.05, 3.63) is 114 Å². The molecule has 0 spiro atoms. The molecule has 1 saturated heterocycles. The van der Waals surface area contributed by atoms with Gasteiger partial charge in [-0.3, -0.25) is 33.5 Å². The Morgan fingerprint density at radius 1 is 0.862 bits per heavy atom. The van der Waals surface area contributed by atoms with Crippen LogP contribution in [-0.2, 0) is 41.3 Å². The number of aldehydes is 1. The first-order valence-electron chi connectivity index (χ1n) is 17.8. The second-order valence-electron chi connectivity index (χ2n) is 13.1. The largest absolute Gasteiger partial charge is 0.524 e. The first-order valence-corrected chi connectivity index (χ1v) is 20.9. The zero-order valence-corrected chi connectivity index (χ0v) is 33.0. The van der Waals surface area contributed by atoms with Gasteiger partial charge in [0.15, 0.2) is 12.9 Å². The lowest BCUT2D eigenvalue weighted by Gasteiger charge is -2.27. The summed E-state index contributed by atoms with van der Waals surface area (Å²) in [6.45, 7) is 1.32. The molecule has 17 nitrogen and oxygen atoms in total. The Bertz CT molecular complexity index is 2170. The van der Waals surface area contributed by atoms with Crippen LogP contribution in [0.1, 0.15) is 47.7 Å². The number of hydrogen-bond donors (Lipinski definition) is 7. The fourth-order valence-electron chi connectivity index (χ4n) is 5.98. The molecule has 0 bridgehead atoms. The number of aliphatic carboxylic acids is 1. The smallest absolute Gasteiger partial charge is 0.481 e. The molecule has 7 N–H and O–H groups in total. The van der Waals surface area contributed by atoms with E-state index in [1.807, 2.05) is 54.6 Å². The summed E-state index contributed by atoms with van der Waals surface area (Å²) in [5, 5.41) is 13.7. The summed E-state index contributed by atoms with van der Waals surface area (Å²) in [6.07, 6.45) is 2.19. The van der Waals surface area contributed by atoms with E-state index in [1.165, 1.54) is 37.3 Å². The molecule has 2 unspecified atom stereocenters. The molecule has 5 rings (SSSR count). The zero-order chi connectivity index (χ0) is 42.5. The fraction of sp³-hybridized carbons (Fsp3) is 0.256. The highest BCUT2D eigenvalue weighted by Crippen LogP contribution is 2.39. The van der Waals surface area contributed by atoms with Gasteiger partial charge >= 0.3 is 21.4 Å². The van der Waals surface area contributed by atoms with E-state index in [4.69, 9.17) is 19.6 Å². The van der Waals surface area contributed by atoms with E-state index < -0.39 is 57.2 Å². The predicted molar refractivity (Wildman–Crippen MR) is 210 cm³/mol. The maximum Gasteiger partial charge on any atom is 0.524 e. The van der Waals surface area contributed by atoms with E-state index in [-0.39, 0.29) is 35.0 Å². The number of phosphoric acid groups is 1. The van der Waals surface area contributed by atoms with Crippen molar-refractivity contribution in [1.29, 1.82) is 0 Å². The minimum absolute atomic E-state index is 0.103. The molecule has 0 saturated carbocycles. The summed E-state index contributed by atoms with van der Waals surface area (Å²) in [5.74, 6) is -3.13. The Labute approximate surface area is 333 Å². The quantitative estimate of drug-likeness (QED) is 0.0669.